The fourth-order valence-electron chi connectivity index (χ4n) is 5.80. The highest BCUT2D eigenvalue weighted by molar-refractivity contribution is 7.92. The summed E-state index contributed by atoms with van der Waals surface area (Å²) in [5.74, 6) is -0.301. The van der Waals surface area contributed by atoms with Crippen molar-refractivity contribution in [2.45, 2.75) is 55.6 Å². The third-order valence-electron chi connectivity index (χ3n) is 8.25. The molecule has 4 aromatic rings. The summed E-state index contributed by atoms with van der Waals surface area (Å²) in [6.07, 6.45) is 3.99. The first-order chi connectivity index (χ1) is 22.7. The molecule has 8 nitrogen and oxygen atoms in total. The Morgan fingerprint density at radius 3 is 2.21 bits per heavy atom. The number of amides is 2. The minimum absolute atomic E-state index is 0.00905. The Morgan fingerprint density at radius 2 is 1.53 bits per heavy atom. The molecule has 0 aromatic heterocycles. The fraction of sp³-hybridized carbons (Fsp3) is 0.278. The van der Waals surface area contributed by atoms with Crippen molar-refractivity contribution in [1.29, 1.82) is 0 Å². The molecular weight excluding hydrogens is 657 g/mol. The number of methoxy groups -OCH3 is 1. The van der Waals surface area contributed by atoms with Crippen molar-refractivity contribution in [3.63, 3.8) is 0 Å². The van der Waals surface area contributed by atoms with Crippen LogP contribution in [0, 0.1) is 0 Å². The highest BCUT2D eigenvalue weighted by Crippen LogP contribution is 2.33. The second-order valence-electron chi connectivity index (χ2n) is 11.5. The third-order valence-corrected chi connectivity index (χ3v) is 10.6. The summed E-state index contributed by atoms with van der Waals surface area (Å²) in [5, 5.41) is 3.52. The van der Waals surface area contributed by atoms with Gasteiger partial charge < -0.3 is 15.0 Å². The van der Waals surface area contributed by atoms with Crippen molar-refractivity contribution in [3.05, 3.63) is 124 Å². The number of halogens is 2. The highest BCUT2D eigenvalue weighted by Gasteiger charge is 2.36. The molecule has 0 bridgehead atoms. The van der Waals surface area contributed by atoms with E-state index < -0.39 is 28.5 Å². The monoisotopic (exact) mass is 693 g/mol. The lowest BCUT2D eigenvalue weighted by molar-refractivity contribution is -0.140. The fourth-order valence-corrected chi connectivity index (χ4v) is 7.68. The van der Waals surface area contributed by atoms with Crippen molar-refractivity contribution in [1.82, 2.24) is 10.2 Å². The maximum absolute atomic E-state index is 14.7. The molecule has 1 fully saturated rings. The van der Waals surface area contributed by atoms with Crippen LogP contribution >= 0.6 is 23.2 Å². The van der Waals surface area contributed by atoms with Crippen molar-refractivity contribution < 1.29 is 22.7 Å². The standard InChI is InChI=1S/C36H37Cl2N3O5S/c1-46-30-16-10-13-27(21-30)24-40(34(22-26-11-4-2-5-12-26)36(43)39-29-14-8-9-15-29)35(42)25-41(33-23-28(37)19-20-32(33)38)47(44,45)31-17-6-3-7-18-31/h2-7,10-13,16-21,23,29,34H,8-9,14-15,22,24-25H2,1H3,(H,39,43)/t34-/m1/s1. The zero-order valence-corrected chi connectivity index (χ0v) is 28.3. The zero-order chi connectivity index (χ0) is 33.4. The molecule has 0 spiro atoms. The SMILES string of the molecule is COc1cccc(CN(C(=O)CN(c2cc(Cl)ccc2Cl)S(=O)(=O)c2ccccc2)[C@H](Cc2ccccc2)C(=O)NC2CCCC2)c1. The van der Waals surface area contributed by atoms with Crippen LogP contribution < -0.4 is 14.4 Å². The van der Waals surface area contributed by atoms with E-state index in [0.717, 1.165) is 35.6 Å². The van der Waals surface area contributed by atoms with E-state index in [0.29, 0.717) is 11.3 Å². The molecule has 2 amide bonds. The van der Waals surface area contributed by atoms with Gasteiger partial charge in [-0.15, -0.1) is 0 Å². The topological polar surface area (TPSA) is 96.0 Å². The second-order valence-corrected chi connectivity index (χ2v) is 14.2. The van der Waals surface area contributed by atoms with Gasteiger partial charge in [-0.25, -0.2) is 8.42 Å². The lowest BCUT2D eigenvalue weighted by Crippen LogP contribution is -2.54. The lowest BCUT2D eigenvalue weighted by Gasteiger charge is -2.34. The summed E-state index contributed by atoms with van der Waals surface area (Å²) in [5.41, 5.74) is 1.62. The van der Waals surface area contributed by atoms with Gasteiger partial charge in [-0.2, -0.15) is 0 Å². The highest BCUT2D eigenvalue weighted by atomic mass is 35.5. The summed E-state index contributed by atoms with van der Waals surface area (Å²) in [4.78, 5) is 30.2. The number of carbonyl (C=O) groups is 2. The second kappa shape index (κ2) is 15.7. The van der Waals surface area contributed by atoms with E-state index in [2.05, 4.69) is 5.32 Å². The van der Waals surface area contributed by atoms with Gasteiger partial charge in [0.15, 0.2) is 0 Å². The van der Waals surface area contributed by atoms with Gasteiger partial charge in [0, 0.05) is 24.0 Å². The zero-order valence-electron chi connectivity index (χ0n) is 26.0. The van der Waals surface area contributed by atoms with E-state index in [-0.39, 0.29) is 45.5 Å². The number of benzene rings is 4. The molecule has 5 rings (SSSR count). The Hall–Kier alpha value is -4.05. The first kappa shape index (κ1) is 34.3. The minimum atomic E-state index is -4.31. The Balaban J connectivity index is 1.59. The molecule has 246 valence electrons. The molecule has 0 aliphatic heterocycles. The van der Waals surface area contributed by atoms with Gasteiger partial charge in [0.1, 0.15) is 18.3 Å². The van der Waals surface area contributed by atoms with Gasteiger partial charge in [0.25, 0.3) is 10.0 Å². The van der Waals surface area contributed by atoms with E-state index in [9.17, 15) is 18.0 Å². The van der Waals surface area contributed by atoms with Crippen LogP contribution in [0.25, 0.3) is 0 Å². The van der Waals surface area contributed by atoms with Crippen LogP contribution in [-0.4, -0.2) is 50.9 Å². The average molecular weight is 695 g/mol. The molecule has 0 saturated heterocycles. The molecule has 1 atom stereocenters. The number of anilines is 1. The van der Waals surface area contributed by atoms with E-state index in [1.165, 1.54) is 29.2 Å². The number of nitrogens with zero attached hydrogens (tertiary/aromatic N) is 2. The van der Waals surface area contributed by atoms with Crippen LogP contribution in [0.15, 0.2) is 108 Å². The van der Waals surface area contributed by atoms with Gasteiger partial charge in [-0.1, -0.05) is 96.7 Å². The van der Waals surface area contributed by atoms with E-state index in [1.54, 1.807) is 49.6 Å². The summed E-state index contributed by atoms with van der Waals surface area (Å²) in [7, 11) is -2.75. The third kappa shape index (κ3) is 8.66. The molecule has 11 heteroatoms. The van der Waals surface area contributed by atoms with Crippen LogP contribution in [0.4, 0.5) is 5.69 Å². The molecule has 0 radical (unpaired) electrons. The Labute approximate surface area is 286 Å². The summed E-state index contributed by atoms with van der Waals surface area (Å²) < 4.78 is 34.8. The normalized spacial score (nSPS) is 13.9. The van der Waals surface area contributed by atoms with E-state index in [1.807, 2.05) is 36.4 Å². The van der Waals surface area contributed by atoms with Gasteiger partial charge in [0.2, 0.25) is 11.8 Å². The average Bonchev–Trinajstić information content (AvgIpc) is 3.60. The molecule has 1 aliphatic rings. The van der Waals surface area contributed by atoms with Gasteiger partial charge in [-0.3, -0.25) is 13.9 Å². The summed E-state index contributed by atoms with van der Waals surface area (Å²) in [6, 6.07) is 28.0. The first-order valence-electron chi connectivity index (χ1n) is 15.5. The lowest BCUT2D eigenvalue weighted by atomic mass is 10.0. The summed E-state index contributed by atoms with van der Waals surface area (Å²) >= 11 is 12.9. The number of carbonyl (C=O) groups excluding carboxylic acids is 2. The molecular formula is C36H37Cl2N3O5S. The number of hydrogen-bond donors (Lipinski definition) is 1. The van der Waals surface area contributed by atoms with Gasteiger partial charge in [-0.05, 0) is 66.4 Å². The Morgan fingerprint density at radius 1 is 0.872 bits per heavy atom. The predicted molar refractivity (Wildman–Crippen MR) is 185 cm³/mol. The van der Waals surface area contributed by atoms with Crippen LogP contribution in [0.2, 0.25) is 10.0 Å². The molecule has 0 unspecified atom stereocenters. The Bertz CT molecular complexity index is 1790. The van der Waals surface area contributed by atoms with Crippen LogP contribution in [0.1, 0.15) is 36.8 Å². The number of rotatable bonds is 13. The van der Waals surface area contributed by atoms with Crippen LogP contribution in [-0.2, 0) is 32.6 Å². The molecule has 1 aliphatic carbocycles. The van der Waals surface area contributed by atoms with Gasteiger partial charge >= 0.3 is 0 Å². The van der Waals surface area contributed by atoms with Crippen molar-refractivity contribution in [2.24, 2.45) is 0 Å². The number of hydrogen-bond acceptors (Lipinski definition) is 5. The molecule has 4 aromatic carbocycles. The van der Waals surface area contributed by atoms with Crippen LogP contribution in [0.3, 0.4) is 0 Å². The number of nitrogens with one attached hydrogen (secondary N) is 1. The van der Waals surface area contributed by atoms with Crippen molar-refractivity contribution >= 4 is 50.7 Å². The number of ether oxygens (including phenoxy) is 1. The van der Waals surface area contributed by atoms with Gasteiger partial charge in [0.05, 0.1) is 22.7 Å². The maximum Gasteiger partial charge on any atom is 0.264 e. The van der Waals surface area contributed by atoms with Crippen molar-refractivity contribution in [2.75, 3.05) is 18.0 Å². The largest absolute Gasteiger partial charge is 0.497 e. The predicted octanol–water partition coefficient (Wildman–Crippen LogP) is 6.90. The van der Waals surface area contributed by atoms with Crippen molar-refractivity contribution in [3.8, 4) is 5.75 Å². The maximum atomic E-state index is 14.7. The number of sulfonamides is 1. The molecule has 1 N–H and O–H groups in total. The first-order valence-corrected chi connectivity index (χ1v) is 17.6. The Kier molecular flexibility index (Phi) is 11.4. The molecule has 0 heterocycles. The summed E-state index contributed by atoms with van der Waals surface area (Å²) in [6.45, 7) is -0.614. The molecule has 47 heavy (non-hydrogen) atoms. The minimum Gasteiger partial charge on any atom is -0.497 e. The van der Waals surface area contributed by atoms with E-state index in [4.69, 9.17) is 27.9 Å². The van der Waals surface area contributed by atoms with E-state index >= 15 is 0 Å². The molecule has 1 saturated carbocycles. The smallest absolute Gasteiger partial charge is 0.264 e. The quantitative estimate of drug-likeness (QED) is 0.164. The van der Waals surface area contributed by atoms with Crippen LogP contribution in [0.5, 0.6) is 5.75 Å².